The van der Waals surface area contributed by atoms with E-state index in [-0.39, 0.29) is 11.6 Å². The first-order valence-corrected chi connectivity index (χ1v) is 7.27. The Morgan fingerprint density at radius 1 is 1.33 bits per heavy atom. The maximum Gasteiger partial charge on any atom is 0.214 e. The van der Waals surface area contributed by atoms with Crippen molar-refractivity contribution in [1.29, 1.82) is 0 Å². The summed E-state index contributed by atoms with van der Waals surface area (Å²) in [7, 11) is -3.03. The maximum atomic E-state index is 12.1. The summed E-state index contributed by atoms with van der Waals surface area (Å²) in [6, 6.07) is 0.268. The average Bonchev–Trinajstić information content (AvgIpc) is 2.84. The van der Waals surface area contributed by atoms with E-state index in [1.165, 1.54) is 0 Å². The summed E-state index contributed by atoms with van der Waals surface area (Å²) in [5, 5.41) is 3.32. The van der Waals surface area contributed by atoms with E-state index in [2.05, 4.69) is 5.32 Å². The zero-order valence-corrected chi connectivity index (χ0v) is 10.3. The van der Waals surface area contributed by atoms with Gasteiger partial charge in [0.1, 0.15) is 0 Å². The van der Waals surface area contributed by atoms with Gasteiger partial charge in [0, 0.05) is 18.1 Å². The molecule has 4 nitrogen and oxygen atoms in total. The minimum absolute atomic E-state index is 0.268. The molecule has 1 aliphatic heterocycles. The second kappa shape index (κ2) is 3.71. The molecule has 2 fully saturated rings. The molecule has 0 aromatic rings. The zero-order chi connectivity index (χ0) is 11.1. The van der Waals surface area contributed by atoms with E-state index < -0.39 is 10.0 Å². The minimum Gasteiger partial charge on any atom is -0.315 e. The third-order valence-electron chi connectivity index (χ3n) is 3.09. The highest BCUT2D eigenvalue weighted by Crippen LogP contribution is 2.36. The second-order valence-corrected chi connectivity index (χ2v) is 7.15. The molecule has 0 aromatic carbocycles. The standard InChI is InChI=1S/C10H20N2O2S/c1-10(2)8-11-6-3-7-15(13,14)12(10)9-4-5-9/h9,11H,3-8H2,1-2H3. The summed E-state index contributed by atoms with van der Waals surface area (Å²) >= 11 is 0. The monoisotopic (exact) mass is 232 g/mol. The van der Waals surface area contributed by atoms with Crippen LogP contribution in [0.25, 0.3) is 0 Å². The van der Waals surface area contributed by atoms with Crippen LogP contribution in [-0.4, -0.2) is 43.1 Å². The molecule has 2 rings (SSSR count). The van der Waals surface area contributed by atoms with Crippen molar-refractivity contribution in [2.45, 2.75) is 44.7 Å². The van der Waals surface area contributed by atoms with Gasteiger partial charge in [-0.05, 0) is 39.7 Å². The van der Waals surface area contributed by atoms with Crippen molar-refractivity contribution in [3.05, 3.63) is 0 Å². The minimum atomic E-state index is -3.03. The van der Waals surface area contributed by atoms with Crippen LogP contribution in [0.15, 0.2) is 0 Å². The molecule has 0 radical (unpaired) electrons. The highest BCUT2D eigenvalue weighted by molar-refractivity contribution is 7.89. The van der Waals surface area contributed by atoms with Crippen LogP contribution in [-0.2, 0) is 10.0 Å². The smallest absolute Gasteiger partial charge is 0.214 e. The Balaban J connectivity index is 2.29. The molecule has 0 atom stereocenters. The van der Waals surface area contributed by atoms with Gasteiger partial charge in [-0.25, -0.2) is 8.42 Å². The van der Waals surface area contributed by atoms with E-state index in [0.29, 0.717) is 5.75 Å². The molecule has 1 N–H and O–H groups in total. The van der Waals surface area contributed by atoms with Crippen molar-refractivity contribution < 1.29 is 8.42 Å². The van der Waals surface area contributed by atoms with E-state index in [9.17, 15) is 8.42 Å². The van der Waals surface area contributed by atoms with Crippen LogP contribution in [0.2, 0.25) is 0 Å². The first kappa shape index (κ1) is 11.4. The Bertz CT molecular complexity index is 333. The summed E-state index contributed by atoms with van der Waals surface area (Å²) in [6.07, 6.45) is 2.78. The second-order valence-electron chi connectivity index (χ2n) is 5.19. The number of hydrogen-bond donors (Lipinski definition) is 1. The molecule has 1 saturated heterocycles. The van der Waals surface area contributed by atoms with Crippen LogP contribution < -0.4 is 5.32 Å². The van der Waals surface area contributed by atoms with Crippen molar-refractivity contribution in [1.82, 2.24) is 9.62 Å². The first-order valence-electron chi connectivity index (χ1n) is 5.66. The molecular weight excluding hydrogens is 212 g/mol. The molecule has 1 aliphatic carbocycles. The highest BCUT2D eigenvalue weighted by atomic mass is 32.2. The van der Waals surface area contributed by atoms with Crippen molar-refractivity contribution in [3.63, 3.8) is 0 Å². The van der Waals surface area contributed by atoms with Gasteiger partial charge in [0.25, 0.3) is 0 Å². The van der Waals surface area contributed by atoms with Crippen molar-refractivity contribution in [2.75, 3.05) is 18.8 Å². The van der Waals surface area contributed by atoms with Gasteiger partial charge in [-0.1, -0.05) is 0 Å². The molecule has 0 unspecified atom stereocenters. The fourth-order valence-corrected chi connectivity index (χ4v) is 4.55. The van der Waals surface area contributed by atoms with E-state index >= 15 is 0 Å². The Kier molecular flexibility index (Phi) is 2.81. The van der Waals surface area contributed by atoms with Crippen LogP contribution in [0.4, 0.5) is 0 Å². The van der Waals surface area contributed by atoms with Crippen LogP contribution in [0.5, 0.6) is 0 Å². The summed E-state index contributed by atoms with van der Waals surface area (Å²) in [6.45, 7) is 5.59. The largest absolute Gasteiger partial charge is 0.315 e. The van der Waals surface area contributed by atoms with Gasteiger partial charge in [-0.15, -0.1) is 0 Å². The highest BCUT2D eigenvalue weighted by Gasteiger charge is 2.45. The van der Waals surface area contributed by atoms with E-state index in [4.69, 9.17) is 0 Å². The number of nitrogens with one attached hydrogen (secondary N) is 1. The molecule has 5 heteroatoms. The summed E-state index contributed by atoms with van der Waals surface area (Å²) in [5.41, 5.74) is -0.277. The normalized spacial score (nSPS) is 31.9. The van der Waals surface area contributed by atoms with Gasteiger partial charge in [0.15, 0.2) is 0 Å². The summed E-state index contributed by atoms with van der Waals surface area (Å²) in [4.78, 5) is 0. The van der Waals surface area contributed by atoms with Gasteiger partial charge in [0.2, 0.25) is 10.0 Å². The van der Waals surface area contributed by atoms with Crippen LogP contribution in [0.3, 0.4) is 0 Å². The molecular formula is C10H20N2O2S. The summed E-state index contributed by atoms with van der Waals surface area (Å²) in [5.74, 6) is 0.292. The lowest BCUT2D eigenvalue weighted by molar-refractivity contribution is 0.208. The third kappa shape index (κ3) is 2.34. The molecule has 2 aliphatic rings. The third-order valence-corrected chi connectivity index (χ3v) is 5.28. The topological polar surface area (TPSA) is 49.4 Å². The van der Waals surface area contributed by atoms with E-state index in [1.54, 1.807) is 4.31 Å². The Morgan fingerprint density at radius 2 is 2.00 bits per heavy atom. The van der Waals surface area contributed by atoms with Crippen LogP contribution in [0.1, 0.15) is 33.1 Å². The predicted octanol–water partition coefficient (Wildman–Crippen LogP) is 0.553. The van der Waals surface area contributed by atoms with Gasteiger partial charge in [0.05, 0.1) is 5.75 Å². The summed E-state index contributed by atoms with van der Waals surface area (Å²) < 4.78 is 26.1. The molecule has 1 saturated carbocycles. The molecule has 0 aromatic heterocycles. The number of rotatable bonds is 1. The van der Waals surface area contributed by atoms with Gasteiger partial charge in [-0.3, -0.25) is 0 Å². The fourth-order valence-electron chi connectivity index (χ4n) is 2.36. The zero-order valence-electron chi connectivity index (χ0n) is 9.49. The lowest BCUT2D eigenvalue weighted by Crippen LogP contribution is -2.56. The fraction of sp³-hybridized carbons (Fsp3) is 1.00. The van der Waals surface area contributed by atoms with Crippen LogP contribution in [0, 0.1) is 0 Å². The van der Waals surface area contributed by atoms with Crippen LogP contribution >= 0.6 is 0 Å². The van der Waals surface area contributed by atoms with Crippen molar-refractivity contribution in [3.8, 4) is 0 Å². The molecule has 0 amide bonds. The van der Waals surface area contributed by atoms with E-state index in [1.807, 2.05) is 13.8 Å². The lowest BCUT2D eigenvalue weighted by atomic mass is 10.1. The number of hydrogen-bond acceptors (Lipinski definition) is 3. The SMILES string of the molecule is CC1(C)CNCCCS(=O)(=O)N1C1CC1. The van der Waals surface area contributed by atoms with Gasteiger partial charge in [-0.2, -0.15) is 4.31 Å². The quantitative estimate of drug-likeness (QED) is 0.718. The number of sulfonamides is 1. The predicted molar refractivity (Wildman–Crippen MR) is 60.2 cm³/mol. The lowest BCUT2D eigenvalue weighted by Gasteiger charge is -2.39. The Labute approximate surface area is 92.1 Å². The van der Waals surface area contributed by atoms with Gasteiger partial charge >= 0.3 is 0 Å². The Hall–Kier alpha value is -0.130. The van der Waals surface area contributed by atoms with Crippen molar-refractivity contribution in [2.24, 2.45) is 0 Å². The molecule has 88 valence electrons. The van der Waals surface area contributed by atoms with E-state index in [0.717, 1.165) is 32.4 Å². The van der Waals surface area contributed by atoms with Gasteiger partial charge < -0.3 is 5.32 Å². The number of nitrogens with zero attached hydrogens (tertiary/aromatic N) is 1. The Morgan fingerprint density at radius 3 is 2.60 bits per heavy atom. The molecule has 15 heavy (non-hydrogen) atoms. The molecule has 0 spiro atoms. The first-order chi connectivity index (χ1) is 6.93. The maximum absolute atomic E-state index is 12.1. The average molecular weight is 232 g/mol. The van der Waals surface area contributed by atoms with Crippen molar-refractivity contribution >= 4 is 10.0 Å². The molecule has 0 bridgehead atoms. The molecule has 1 heterocycles.